The largest absolute Gasteiger partial charge is 0.424 e. The number of hydrogen-bond donors (Lipinski definition) is 1. The molecule has 0 radical (unpaired) electrons. The molecule has 0 aliphatic carbocycles. The average molecular weight is 413 g/mol. The van der Waals surface area contributed by atoms with Gasteiger partial charge in [-0.15, -0.1) is 0 Å². The number of nitrogens with zero attached hydrogens (tertiary/aromatic N) is 2. The highest BCUT2D eigenvalue weighted by Gasteiger charge is 2.62. The quantitative estimate of drug-likeness (QED) is 0.818. The van der Waals surface area contributed by atoms with Gasteiger partial charge in [-0.3, -0.25) is 4.79 Å². The zero-order valence-electron chi connectivity index (χ0n) is 12.7. The first-order chi connectivity index (χ1) is 11.7. The maximum absolute atomic E-state index is 13.5. The maximum Gasteiger partial charge on any atom is 0.424 e. The molecule has 0 fully saturated rings. The predicted octanol–water partition coefficient (Wildman–Crippen LogP) is 3.60. The average Bonchev–Trinajstić information content (AvgIpc) is 2.94. The summed E-state index contributed by atoms with van der Waals surface area (Å²) in [5, 5.41) is 14.8. The molecule has 1 amide bonds. The van der Waals surface area contributed by atoms with Crippen molar-refractivity contribution in [1.82, 2.24) is 5.01 Å². The van der Waals surface area contributed by atoms with Crippen molar-refractivity contribution in [3.8, 4) is 0 Å². The van der Waals surface area contributed by atoms with Gasteiger partial charge in [0.15, 0.2) is 0 Å². The van der Waals surface area contributed by atoms with Gasteiger partial charge in [-0.05, 0) is 18.2 Å². The smallest absolute Gasteiger partial charge is 0.374 e. The normalized spacial score (nSPS) is 20.5. The van der Waals surface area contributed by atoms with Crippen LogP contribution in [-0.2, 0) is 0 Å². The highest BCUT2D eigenvalue weighted by atomic mass is 79.9. The van der Waals surface area contributed by atoms with Crippen molar-refractivity contribution < 1.29 is 23.1 Å². The second kappa shape index (κ2) is 6.27. The summed E-state index contributed by atoms with van der Waals surface area (Å²) in [7, 11) is 0. The van der Waals surface area contributed by atoms with Crippen LogP contribution in [0.25, 0.3) is 0 Å². The van der Waals surface area contributed by atoms with Gasteiger partial charge in [0, 0.05) is 15.6 Å². The van der Waals surface area contributed by atoms with E-state index < -0.39 is 29.9 Å². The summed E-state index contributed by atoms with van der Waals surface area (Å²) in [6.45, 7) is -0.994. The minimum Gasteiger partial charge on any atom is -0.374 e. The Labute approximate surface area is 149 Å². The van der Waals surface area contributed by atoms with Crippen LogP contribution in [0, 0.1) is 0 Å². The van der Waals surface area contributed by atoms with Crippen LogP contribution in [-0.4, -0.2) is 40.1 Å². The summed E-state index contributed by atoms with van der Waals surface area (Å²) in [5.74, 6) is -0.727. The number of halogens is 4. The fraction of sp³-hybridized carbons (Fsp3) is 0.176. The maximum atomic E-state index is 13.5. The van der Waals surface area contributed by atoms with Gasteiger partial charge < -0.3 is 5.11 Å². The summed E-state index contributed by atoms with van der Waals surface area (Å²) in [4.78, 5) is 12.5. The Hall–Kier alpha value is -2.19. The lowest BCUT2D eigenvalue weighted by Gasteiger charge is -2.27. The van der Waals surface area contributed by atoms with E-state index in [-0.39, 0.29) is 11.1 Å². The monoisotopic (exact) mass is 412 g/mol. The molecule has 1 N–H and O–H groups in total. The molecule has 0 unspecified atom stereocenters. The van der Waals surface area contributed by atoms with Gasteiger partial charge in [0.05, 0.1) is 6.54 Å². The van der Waals surface area contributed by atoms with E-state index in [1.54, 1.807) is 18.2 Å². The van der Waals surface area contributed by atoms with Crippen molar-refractivity contribution in [1.29, 1.82) is 0 Å². The van der Waals surface area contributed by atoms with E-state index in [9.17, 15) is 23.1 Å². The fourth-order valence-electron chi connectivity index (χ4n) is 2.53. The molecular weight excluding hydrogens is 401 g/mol. The molecule has 1 aliphatic heterocycles. The molecule has 1 heterocycles. The third-order valence-corrected chi connectivity index (χ3v) is 4.31. The standard InChI is InChI=1S/C17H12BrF3N2O2/c18-13-8-4-7-12(9-13)15(24)23-10-16(25,17(19,20)21)14(22-23)11-5-2-1-3-6-11/h1-9,25H,10H2/t16-/m1/s1. The number of amides is 1. The molecule has 0 saturated heterocycles. The van der Waals surface area contributed by atoms with Crippen molar-refractivity contribution in [3.63, 3.8) is 0 Å². The van der Waals surface area contributed by atoms with Crippen LogP contribution in [0.5, 0.6) is 0 Å². The Balaban J connectivity index is 2.03. The number of hydrazone groups is 1. The second-order valence-corrected chi connectivity index (χ2v) is 6.46. The van der Waals surface area contributed by atoms with E-state index in [1.807, 2.05) is 0 Å². The first-order valence-corrected chi connectivity index (χ1v) is 8.03. The van der Waals surface area contributed by atoms with Crippen molar-refractivity contribution in [2.24, 2.45) is 5.10 Å². The first-order valence-electron chi connectivity index (χ1n) is 7.23. The zero-order chi connectivity index (χ0) is 18.2. The Morgan fingerprint density at radius 1 is 1.16 bits per heavy atom. The molecule has 8 heteroatoms. The van der Waals surface area contributed by atoms with E-state index in [1.165, 1.54) is 36.4 Å². The van der Waals surface area contributed by atoms with Crippen LogP contribution in [0.4, 0.5) is 13.2 Å². The Morgan fingerprint density at radius 3 is 2.44 bits per heavy atom. The molecule has 25 heavy (non-hydrogen) atoms. The first kappa shape index (κ1) is 17.6. The van der Waals surface area contributed by atoms with E-state index in [4.69, 9.17) is 0 Å². The second-order valence-electron chi connectivity index (χ2n) is 5.55. The van der Waals surface area contributed by atoms with Gasteiger partial charge in [0.1, 0.15) is 5.71 Å². The molecule has 130 valence electrons. The van der Waals surface area contributed by atoms with Crippen LogP contribution < -0.4 is 0 Å². The molecule has 2 aromatic carbocycles. The summed E-state index contributed by atoms with van der Waals surface area (Å²) in [6.07, 6.45) is -4.98. The van der Waals surface area contributed by atoms with Crippen LogP contribution in [0.15, 0.2) is 64.2 Å². The highest BCUT2D eigenvalue weighted by Crippen LogP contribution is 2.38. The minimum absolute atomic E-state index is 0.104. The van der Waals surface area contributed by atoms with Gasteiger partial charge in [-0.2, -0.15) is 18.3 Å². The van der Waals surface area contributed by atoms with Crippen molar-refractivity contribution in [2.75, 3.05) is 6.54 Å². The molecule has 2 aromatic rings. The van der Waals surface area contributed by atoms with Crippen LogP contribution in [0.3, 0.4) is 0 Å². The van der Waals surface area contributed by atoms with Crippen LogP contribution in [0.1, 0.15) is 15.9 Å². The predicted molar refractivity (Wildman–Crippen MR) is 89.2 cm³/mol. The summed E-state index contributed by atoms with van der Waals surface area (Å²) < 4.78 is 41.1. The molecule has 1 aliphatic rings. The number of alkyl halides is 3. The molecule has 0 aromatic heterocycles. The molecule has 1 atom stereocenters. The minimum atomic E-state index is -4.98. The lowest BCUT2D eigenvalue weighted by molar-refractivity contribution is -0.228. The van der Waals surface area contributed by atoms with E-state index in [2.05, 4.69) is 21.0 Å². The summed E-state index contributed by atoms with van der Waals surface area (Å²) >= 11 is 3.21. The van der Waals surface area contributed by atoms with Gasteiger partial charge in [0.2, 0.25) is 5.60 Å². The fourth-order valence-corrected chi connectivity index (χ4v) is 2.93. The summed E-state index contributed by atoms with van der Waals surface area (Å²) in [5.41, 5.74) is -3.55. The SMILES string of the molecule is O=C(c1cccc(Br)c1)N1C[C@](O)(C(F)(F)F)C(c2ccccc2)=N1. The number of β-amino-alcohol motifs (C(OH)–C–C–N with tert-alkyl or cyclic N) is 1. The van der Waals surface area contributed by atoms with E-state index in [0.717, 1.165) is 0 Å². The number of hydrogen-bond acceptors (Lipinski definition) is 3. The van der Waals surface area contributed by atoms with Crippen LogP contribution >= 0.6 is 15.9 Å². The van der Waals surface area contributed by atoms with Crippen LogP contribution in [0.2, 0.25) is 0 Å². The lowest BCUT2D eigenvalue weighted by Crippen LogP contribution is -2.54. The van der Waals surface area contributed by atoms with Crippen molar-refractivity contribution in [3.05, 3.63) is 70.2 Å². The third-order valence-electron chi connectivity index (χ3n) is 3.81. The Morgan fingerprint density at radius 2 is 1.84 bits per heavy atom. The van der Waals surface area contributed by atoms with Gasteiger partial charge in [-0.25, -0.2) is 5.01 Å². The highest BCUT2D eigenvalue weighted by molar-refractivity contribution is 9.10. The number of carbonyl (C=O) groups is 1. The van der Waals surface area contributed by atoms with Gasteiger partial charge in [0.25, 0.3) is 5.91 Å². The number of aliphatic hydroxyl groups is 1. The molecule has 0 spiro atoms. The topological polar surface area (TPSA) is 52.9 Å². The summed E-state index contributed by atoms with van der Waals surface area (Å²) in [6, 6.07) is 13.7. The van der Waals surface area contributed by atoms with Crippen molar-refractivity contribution in [2.45, 2.75) is 11.8 Å². The van der Waals surface area contributed by atoms with Crippen molar-refractivity contribution >= 4 is 27.5 Å². The number of benzene rings is 2. The number of rotatable bonds is 2. The zero-order valence-corrected chi connectivity index (χ0v) is 14.3. The Bertz CT molecular complexity index is 839. The molecule has 3 rings (SSSR count). The molecular formula is C17H12BrF3N2O2. The molecule has 0 saturated carbocycles. The number of carbonyl (C=O) groups excluding carboxylic acids is 1. The van der Waals surface area contributed by atoms with E-state index >= 15 is 0 Å². The Kier molecular flexibility index (Phi) is 4.42. The molecule has 0 bridgehead atoms. The van der Waals surface area contributed by atoms with Gasteiger partial charge in [-0.1, -0.05) is 52.3 Å². The molecule has 4 nitrogen and oxygen atoms in total. The van der Waals surface area contributed by atoms with Gasteiger partial charge >= 0.3 is 6.18 Å². The lowest BCUT2D eigenvalue weighted by atomic mass is 9.92. The third kappa shape index (κ3) is 3.19. The van der Waals surface area contributed by atoms with E-state index in [0.29, 0.717) is 9.48 Å².